The Bertz CT molecular complexity index is 1090. The van der Waals surface area contributed by atoms with Crippen LogP contribution in [-0.2, 0) is 43.0 Å². The van der Waals surface area contributed by atoms with Crippen molar-refractivity contribution in [2.75, 3.05) is 11.9 Å². The van der Waals surface area contributed by atoms with Crippen LogP contribution in [0, 0.1) is 10.1 Å². The van der Waals surface area contributed by atoms with E-state index in [-0.39, 0.29) is 11.4 Å². The average molecular weight is 524 g/mol. The minimum atomic E-state index is -1.42. The number of oxime groups is 1. The zero-order valence-corrected chi connectivity index (χ0v) is 20.1. The van der Waals surface area contributed by atoms with Gasteiger partial charge in [-0.2, -0.15) is 0 Å². The third-order valence-electron chi connectivity index (χ3n) is 4.51. The molecule has 0 bridgehead atoms. The molecule has 0 aromatic heterocycles. The third-order valence-corrected chi connectivity index (χ3v) is 4.51. The lowest BCUT2D eigenvalue weighted by atomic mass is 9.96. The number of rotatable bonds is 8. The highest BCUT2D eigenvalue weighted by Gasteiger charge is 2.50. The molecule has 1 fully saturated rings. The van der Waals surface area contributed by atoms with Crippen molar-refractivity contribution in [3.8, 4) is 0 Å². The van der Waals surface area contributed by atoms with E-state index in [9.17, 15) is 34.1 Å². The van der Waals surface area contributed by atoms with Gasteiger partial charge in [-0.15, -0.1) is 0 Å². The largest absolute Gasteiger partial charge is 0.466 e. The first-order valence-corrected chi connectivity index (χ1v) is 10.6. The average Bonchev–Trinajstić information content (AvgIpc) is 2.79. The van der Waals surface area contributed by atoms with Crippen LogP contribution in [0.2, 0.25) is 0 Å². The minimum Gasteiger partial charge on any atom is -0.466 e. The predicted molar refractivity (Wildman–Crippen MR) is 121 cm³/mol. The van der Waals surface area contributed by atoms with Crippen molar-refractivity contribution in [1.29, 1.82) is 0 Å². The highest BCUT2D eigenvalue weighted by molar-refractivity contribution is 5.90. The number of hydrogen-bond acceptors (Lipinski definition) is 13. The van der Waals surface area contributed by atoms with Crippen LogP contribution < -0.4 is 10.6 Å². The molecule has 1 unspecified atom stereocenters. The maximum Gasteiger partial charge on any atom is 0.437 e. The molecule has 200 valence electrons. The number of benzene rings is 1. The first-order chi connectivity index (χ1) is 17.4. The molecule has 1 aromatic carbocycles. The number of non-ortho nitro benzene ring substituents is 1. The van der Waals surface area contributed by atoms with E-state index < -0.39 is 71.7 Å². The van der Waals surface area contributed by atoms with Gasteiger partial charge in [-0.1, -0.05) is 0 Å². The topological polar surface area (TPSA) is 211 Å². The Kier molecular flexibility index (Phi) is 9.85. The van der Waals surface area contributed by atoms with E-state index in [0.29, 0.717) is 0 Å². The summed E-state index contributed by atoms with van der Waals surface area (Å²) in [6.07, 6.45) is -5.19. The second kappa shape index (κ2) is 12.8. The Balaban J connectivity index is 2.34. The fourth-order valence-electron chi connectivity index (χ4n) is 3.16. The van der Waals surface area contributed by atoms with Gasteiger partial charge in [0, 0.05) is 45.5 Å². The van der Waals surface area contributed by atoms with Gasteiger partial charge in [0.15, 0.2) is 18.3 Å². The fourth-order valence-corrected chi connectivity index (χ4v) is 3.16. The van der Waals surface area contributed by atoms with Crippen molar-refractivity contribution in [2.45, 2.75) is 52.0 Å². The number of carbonyl (C=O) groups excluding carboxylic acids is 5. The van der Waals surface area contributed by atoms with Crippen molar-refractivity contribution in [2.24, 2.45) is 5.16 Å². The molecule has 0 radical (unpaired) electrons. The van der Waals surface area contributed by atoms with Gasteiger partial charge in [-0.3, -0.25) is 39.4 Å². The molecule has 0 saturated carbocycles. The second-order valence-electron chi connectivity index (χ2n) is 7.52. The van der Waals surface area contributed by atoms with E-state index >= 15 is 0 Å². The number of carbonyl (C=O) groups is 5. The van der Waals surface area contributed by atoms with Gasteiger partial charge in [0.25, 0.3) is 11.6 Å². The zero-order chi connectivity index (χ0) is 27.7. The van der Waals surface area contributed by atoms with E-state index in [0.717, 1.165) is 39.8 Å². The monoisotopic (exact) mass is 524 g/mol. The Morgan fingerprint density at radius 3 is 2.08 bits per heavy atom. The molecule has 1 aliphatic heterocycles. The minimum absolute atomic E-state index is 0.138. The van der Waals surface area contributed by atoms with E-state index in [4.69, 9.17) is 23.8 Å². The summed E-state index contributed by atoms with van der Waals surface area (Å²) in [7, 11) is 0. The maximum absolute atomic E-state index is 12.2. The summed E-state index contributed by atoms with van der Waals surface area (Å²) in [5.74, 6) is -3.41. The lowest BCUT2D eigenvalue weighted by Gasteiger charge is -2.41. The summed E-state index contributed by atoms with van der Waals surface area (Å²) in [6.45, 7) is 3.92. The Morgan fingerprint density at radius 1 is 0.973 bits per heavy atom. The summed E-state index contributed by atoms with van der Waals surface area (Å²) in [4.78, 5) is 73.9. The van der Waals surface area contributed by atoms with Crippen molar-refractivity contribution >= 4 is 47.2 Å². The highest BCUT2D eigenvalue weighted by Crippen LogP contribution is 2.25. The van der Waals surface area contributed by atoms with Gasteiger partial charge in [0.1, 0.15) is 12.6 Å². The molecule has 0 aliphatic carbocycles. The highest BCUT2D eigenvalue weighted by atomic mass is 16.7. The molecule has 1 saturated heterocycles. The Labute approximate surface area is 209 Å². The van der Waals surface area contributed by atoms with E-state index in [2.05, 4.69) is 15.8 Å². The van der Waals surface area contributed by atoms with Crippen LogP contribution in [0.1, 0.15) is 27.7 Å². The zero-order valence-electron chi connectivity index (χ0n) is 20.1. The number of ether oxygens (including phenoxy) is 4. The first kappa shape index (κ1) is 28.5. The van der Waals surface area contributed by atoms with Crippen LogP contribution >= 0.6 is 0 Å². The van der Waals surface area contributed by atoms with E-state index in [1.165, 1.54) is 12.1 Å². The second-order valence-corrected chi connectivity index (χ2v) is 7.52. The number of esters is 3. The lowest BCUT2D eigenvalue weighted by Crippen LogP contribution is -2.64. The number of hydrogen-bond donors (Lipinski definition) is 2. The van der Waals surface area contributed by atoms with Crippen LogP contribution in [0.25, 0.3) is 0 Å². The van der Waals surface area contributed by atoms with Gasteiger partial charge >= 0.3 is 24.0 Å². The molecule has 4 atom stereocenters. The number of nitrogens with one attached hydrogen (secondary N) is 2. The maximum atomic E-state index is 12.2. The fraction of sp³-hybridized carbons (Fsp3) is 0.429. The molecule has 1 heterocycles. The van der Waals surface area contributed by atoms with Crippen LogP contribution in [0.4, 0.5) is 16.2 Å². The molecule has 16 nitrogen and oxygen atoms in total. The molecule has 1 aromatic rings. The number of anilines is 1. The molecule has 2 rings (SSSR count). The van der Waals surface area contributed by atoms with Gasteiger partial charge < -0.3 is 24.3 Å². The lowest BCUT2D eigenvalue weighted by molar-refractivity contribution is -0.384. The van der Waals surface area contributed by atoms with Gasteiger partial charge in [-0.05, 0) is 17.3 Å². The smallest absolute Gasteiger partial charge is 0.437 e. The number of nitrogens with zero attached hydrogens (tertiary/aromatic N) is 2. The summed E-state index contributed by atoms with van der Waals surface area (Å²) >= 11 is 0. The molecule has 16 heteroatoms. The van der Waals surface area contributed by atoms with Crippen LogP contribution in [0.15, 0.2) is 29.4 Å². The van der Waals surface area contributed by atoms with Crippen molar-refractivity contribution in [3.63, 3.8) is 0 Å². The quantitative estimate of drug-likeness (QED) is 0.159. The normalized spacial score (nSPS) is 21.6. The summed E-state index contributed by atoms with van der Waals surface area (Å²) in [5, 5.41) is 19.0. The molecule has 37 heavy (non-hydrogen) atoms. The summed E-state index contributed by atoms with van der Waals surface area (Å²) in [5.41, 5.74) is -0.0650. The molecule has 1 aliphatic rings. The van der Waals surface area contributed by atoms with Crippen molar-refractivity contribution in [1.82, 2.24) is 5.32 Å². The van der Waals surface area contributed by atoms with Gasteiger partial charge in [0.2, 0.25) is 5.91 Å². The molecule has 0 spiro atoms. The van der Waals surface area contributed by atoms with Crippen LogP contribution in [-0.4, -0.2) is 71.7 Å². The SMILES string of the molecule is CC(=O)N[C@@H]1/C(=N/OC(=O)Nc2ccc([N+](=O)[O-])cc2)OC(COC(C)=O)[C@@H](OC(C)=O)[C@@H]1OC(C)=O. The first-order valence-electron chi connectivity index (χ1n) is 10.6. The Morgan fingerprint density at radius 2 is 1.57 bits per heavy atom. The van der Waals surface area contributed by atoms with E-state index in [1.54, 1.807) is 0 Å². The summed E-state index contributed by atoms with van der Waals surface area (Å²) in [6, 6.07) is 3.42. The standard InChI is InChI=1S/C21H24N4O12/c1-10(26)22-17-19(35-13(4)29)18(34-12(3)28)16(9-33-11(2)27)36-20(17)24-37-21(30)23-14-5-7-15(8-6-14)25(31)32/h5-8,16-19H,9H2,1-4H3,(H,22,26)(H,23,30)/b24-20-/t16?,17-,18+,19+/m0/s1. The number of nitro benzene ring substituents is 1. The molecular weight excluding hydrogens is 500 g/mol. The van der Waals surface area contributed by atoms with Crippen LogP contribution in [0.3, 0.4) is 0 Å². The summed E-state index contributed by atoms with van der Waals surface area (Å²) < 4.78 is 21.1. The number of nitro groups is 1. The Hall–Kier alpha value is -4.76. The van der Waals surface area contributed by atoms with Crippen LogP contribution in [0.5, 0.6) is 0 Å². The molecule has 2 amide bonds. The number of amides is 2. The molecular formula is C21H24N4O12. The van der Waals surface area contributed by atoms with Crippen molar-refractivity contribution in [3.05, 3.63) is 34.4 Å². The third kappa shape index (κ3) is 8.75. The van der Waals surface area contributed by atoms with Gasteiger partial charge in [-0.25, -0.2) is 4.79 Å². The molecule has 2 N–H and O–H groups in total. The van der Waals surface area contributed by atoms with Gasteiger partial charge in [0.05, 0.1) is 4.92 Å². The van der Waals surface area contributed by atoms with E-state index in [1.807, 2.05) is 0 Å². The predicted octanol–water partition coefficient (Wildman–Crippen LogP) is 0.787. The van der Waals surface area contributed by atoms with Crippen molar-refractivity contribution < 1.29 is 52.7 Å².